The maximum absolute atomic E-state index is 10.7. The van der Waals surface area contributed by atoms with Crippen molar-refractivity contribution in [3.63, 3.8) is 0 Å². The van der Waals surface area contributed by atoms with Crippen LogP contribution < -0.4 is 0 Å². The second-order valence-corrected chi connectivity index (χ2v) is 5.63. The smallest absolute Gasteiger partial charge is 0.342 e. The van der Waals surface area contributed by atoms with Gasteiger partial charge in [0.15, 0.2) is 0 Å². The highest BCUT2D eigenvalue weighted by Crippen LogP contribution is 2.06. The van der Waals surface area contributed by atoms with Crippen molar-refractivity contribution in [2.45, 2.75) is 71.1 Å². The van der Waals surface area contributed by atoms with Gasteiger partial charge in [0, 0.05) is 12.8 Å². The molecule has 0 saturated carbocycles. The minimum absolute atomic E-state index is 0.0993. The Morgan fingerprint density at radius 2 is 1.50 bits per heavy atom. The molecule has 0 aliphatic heterocycles. The first-order valence-electron chi connectivity index (χ1n) is 8.88. The van der Waals surface area contributed by atoms with Gasteiger partial charge in [0.05, 0.1) is 5.76 Å². The maximum atomic E-state index is 10.7. The zero-order chi connectivity index (χ0) is 17.9. The predicted octanol–water partition coefficient (Wildman–Crippen LogP) is 6.03. The van der Waals surface area contributed by atoms with Gasteiger partial charge in [-0.3, -0.25) is 0 Å². The largest absolute Gasteiger partial charge is 0.513 e. The summed E-state index contributed by atoms with van der Waals surface area (Å²) in [4.78, 5) is 14.2. The number of allylic oxidation sites excluding steroid dienone is 8. The number of rotatable bonds is 14. The number of hydrogen-bond donors (Lipinski definition) is 2. The van der Waals surface area contributed by atoms with Crippen LogP contribution in [0.1, 0.15) is 71.1 Å². The molecular formula is C20H32O4. The zero-order valence-electron chi connectivity index (χ0n) is 14.8. The number of carbonyl (C=O) groups is 1. The molecule has 0 fully saturated rings. The number of unbranched alkanes of at least 4 members (excludes halogenated alkanes) is 3. The van der Waals surface area contributed by atoms with E-state index >= 15 is 0 Å². The Balaban J connectivity index is 3.61. The normalized spacial score (nSPS) is 12.7. The minimum atomic E-state index is -0.676. The Bertz CT molecular complexity index is 419. The summed E-state index contributed by atoms with van der Waals surface area (Å²) >= 11 is 0. The average Bonchev–Trinajstić information content (AvgIpc) is 2.58. The van der Waals surface area contributed by atoms with E-state index in [-0.39, 0.29) is 12.2 Å². The molecule has 136 valence electrons. The zero-order valence-corrected chi connectivity index (χ0v) is 14.8. The molecule has 0 heterocycles. The Morgan fingerprint density at radius 3 is 2.12 bits per heavy atom. The molecule has 0 radical (unpaired) electrons. The van der Waals surface area contributed by atoms with Crippen molar-refractivity contribution >= 4 is 5.97 Å². The predicted molar refractivity (Wildman–Crippen MR) is 98.7 cm³/mol. The molecule has 0 aliphatic carbocycles. The van der Waals surface area contributed by atoms with Crippen molar-refractivity contribution in [2.75, 3.05) is 0 Å². The molecule has 0 bridgehead atoms. The highest BCUT2D eigenvalue weighted by Gasteiger charge is 2.02. The van der Waals surface area contributed by atoms with Gasteiger partial charge in [-0.2, -0.15) is 5.26 Å². The summed E-state index contributed by atoms with van der Waals surface area (Å²) in [5.74, 6) is -0.417. The number of hydrogen-bond acceptors (Lipinski definition) is 4. The molecule has 0 amide bonds. The molecule has 0 unspecified atom stereocenters. The highest BCUT2D eigenvalue weighted by atomic mass is 17.1. The summed E-state index contributed by atoms with van der Waals surface area (Å²) in [7, 11) is 0. The second-order valence-electron chi connectivity index (χ2n) is 5.63. The van der Waals surface area contributed by atoms with Crippen LogP contribution in [0.4, 0.5) is 0 Å². The summed E-state index contributed by atoms with van der Waals surface area (Å²) in [5, 5.41) is 17.7. The standard InChI is InChI=1S/C20H32O4/c1-2-3-4-5-6-7-8-9-10-11-12-13-14-16-19(21)17-15-18-20(22)24-23/h6-7,9-10,12-13,16,21,23H,2-5,8,11,14-15,17-18H2,1H3/b7-6-,10-9-,13-12-,19-16+. The van der Waals surface area contributed by atoms with Crippen LogP contribution >= 0.6 is 0 Å². The van der Waals surface area contributed by atoms with Gasteiger partial charge >= 0.3 is 5.97 Å². The van der Waals surface area contributed by atoms with Crippen molar-refractivity contribution in [1.82, 2.24) is 0 Å². The van der Waals surface area contributed by atoms with Gasteiger partial charge in [-0.15, -0.1) is 0 Å². The monoisotopic (exact) mass is 336 g/mol. The van der Waals surface area contributed by atoms with Crippen LogP contribution in [0.25, 0.3) is 0 Å². The molecule has 0 saturated heterocycles. The summed E-state index contributed by atoms with van der Waals surface area (Å²) in [6.07, 6.45) is 23.1. The number of aliphatic hydroxyl groups excluding tert-OH is 1. The lowest BCUT2D eigenvalue weighted by atomic mass is 10.2. The van der Waals surface area contributed by atoms with Gasteiger partial charge in [-0.05, 0) is 44.6 Å². The SMILES string of the molecule is CCCCC/C=C\C/C=C\C/C=C\C/C=C(/O)CCCC(=O)OO. The maximum Gasteiger partial charge on any atom is 0.342 e. The Morgan fingerprint density at radius 1 is 0.875 bits per heavy atom. The quantitative estimate of drug-likeness (QED) is 0.133. The van der Waals surface area contributed by atoms with Crippen LogP contribution in [0.3, 0.4) is 0 Å². The summed E-state index contributed by atoms with van der Waals surface area (Å²) in [5.41, 5.74) is 0. The van der Waals surface area contributed by atoms with Crippen molar-refractivity contribution in [1.29, 1.82) is 0 Å². The van der Waals surface area contributed by atoms with Crippen LogP contribution in [-0.2, 0) is 9.68 Å². The first kappa shape index (κ1) is 22.2. The van der Waals surface area contributed by atoms with Gasteiger partial charge < -0.3 is 9.99 Å². The van der Waals surface area contributed by atoms with Gasteiger partial charge in [0.2, 0.25) is 0 Å². The van der Waals surface area contributed by atoms with E-state index in [0.717, 1.165) is 12.8 Å². The fourth-order valence-corrected chi connectivity index (χ4v) is 2.03. The molecule has 0 aromatic carbocycles. The van der Waals surface area contributed by atoms with Crippen LogP contribution in [0.5, 0.6) is 0 Å². The van der Waals surface area contributed by atoms with E-state index in [1.165, 1.54) is 25.7 Å². The van der Waals surface area contributed by atoms with Crippen molar-refractivity contribution in [3.8, 4) is 0 Å². The van der Waals surface area contributed by atoms with Crippen LogP contribution in [-0.4, -0.2) is 16.3 Å². The van der Waals surface area contributed by atoms with Gasteiger partial charge in [0.1, 0.15) is 0 Å². The average molecular weight is 336 g/mol. The molecule has 4 heteroatoms. The van der Waals surface area contributed by atoms with Gasteiger partial charge in [0.25, 0.3) is 0 Å². The first-order chi connectivity index (χ1) is 11.7. The lowest BCUT2D eigenvalue weighted by Gasteiger charge is -1.98. The Hall–Kier alpha value is -1.81. The lowest BCUT2D eigenvalue weighted by Crippen LogP contribution is -2.00. The van der Waals surface area contributed by atoms with Crippen molar-refractivity contribution in [3.05, 3.63) is 48.3 Å². The Labute approximate surface area is 146 Å². The molecule has 0 rings (SSSR count). The summed E-state index contributed by atoms with van der Waals surface area (Å²) in [6, 6.07) is 0. The van der Waals surface area contributed by atoms with E-state index in [4.69, 9.17) is 5.26 Å². The molecule has 24 heavy (non-hydrogen) atoms. The van der Waals surface area contributed by atoms with Crippen molar-refractivity contribution in [2.24, 2.45) is 0 Å². The summed E-state index contributed by atoms with van der Waals surface area (Å²) in [6.45, 7) is 2.22. The van der Waals surface area contributed by atoms with Crippen LogP contribution in [0.15, 0.2) is 48.3 Å². The highest BCUT2D eigenvalue weighted by molar-refractivity contribution is 5.68. The molecule has 2 N–H and O–H groups in total. The van der Waals surface area contributed by atoms with E-state index < -0.39 is 5.97 Å². The second kappa shape index (κ2) is 17.5. The minimum Gasteiger partial charge on any atom is -0.513 e. The van der Waals surface area contributed by atoms with Crippen LogP contribution in [0.2, 0.25) is 0 Å². The van der Waals surface area contributed by atoms with E-state index in [1.807, 2.05) is 6.08 Å². The third-order valence-corrected chi connectivity index (χ3v) is 3.42. The number of carbonyl (C=O) groups excluding carboxylic acids is 1. The molecule has 0 atom stereocenters. The van der Waals surface area contributed by atoms with Gasteiger partial charge in [-0.1, -0.05) is 56.2 Å². The van der Waals surface area contributed by atoms with E-state index in [2.05, 4.69) is 42.2 Å². The molecule has 4 nitrogen and oxygen atoms in total. The number of aliphatic hydroxyl groups is 1. The lowest BCUT2D eigenvalue weighted by molar-refractivity contribution is -0.234. The molecular weight excluding hydrogens is 304 g/mol. The fourth-order valence-electron chi connectivity index (χ4n) is 2.03. The van der Waals surface area contributed by atoms with Crippen LogP contribution in [0, 0.1) is 0 Å². The Kier molecular flexibility index (Phi) is 16.2. The third-order valence-electron chi connectivity index (χ3n) is 3.42. The molecule has 0 aromatic rings. The van der Waals surface area contributed by atoms with Gasteiger partial charge in [-0.25, -0.2) is 4.79 Å². The topological polar surface area (TPSA) is 66.8 Å². The third kappa shape index (κ3) is 16.6. The summed E-state index contributed by atoms with van der Waals surface area (Å²) < 4.78 is 0. The first-order valence-corrected chi connectivity index (χ1v) is 8.88. The van der Waals surface area contributed by atoms with E-state index in [0.29, 0.717) is 19.3 Å². The fraction of sp³-hybridized carbons (Fsp3) is 0.550. The van der Waals surface area contributed by atoms with E-state index in [9.17, 15) is 9.90 Å². The van der Waals surface area contributed by atoms with E-state index in [1.54, 1.807) is 6.08 Å². The molecule has 0 spiro atoms. The van der Waals surface area contributed by atoms with Crippen molar-refractivity contribution < 1.29 is 20.0 Å². The molecule has 0 aromatic heterocycles. The molecule has 0 aliphatic rings.